The molecular formula is C28H26Cl2F2N2O6S. The van der Waals surface area contributed by atoms with E-state index in [1.165, 1.54) is 47.0 Å². The van der Waals surface area contributed by atoms with Crippen molar-refractivity contribution < 1.29 is 36.2 Å². The van der Waals surface area contributed by atoms with Crippen molar-refractivity contribution in [3.8, 4) is 11.5 Å². The summed E-state index contributed by atoms with van der Waals surface area (Å²) in [7, 11) is -3.75. The molecule has 1 saturated carbocycles. The number of rotatable bonds is 12. The van der Waals surface area contributed by atoms with Crippen molar-refractivity contribution in [2.24, 2.45) is 11.8 Å². The van der Waals surface area contributed by atoms with Crippen LogP contribution in [0.2, 0.25) is 10.0 Å². The van der Waals surface area contributed by atoms with Crippen LogP contribution in [0.15, 0.2) is 65.8 Å². The molecule has 41 heavy (non-hydrogen) atoms. The summed E-state index contributed by atoms with van der Waals surface area (Å²) in [6, 6.07) is 12.3. The summed E-state index contributed by atoms with van der Waals surface area (Å²) in [6.07, 6.45) is 3.88. The first kappa shape index (κ1) is 29.5. The van der Waals surface area contributed by atoms with Crippen molar-refractivity contribution >= 4 is 39.2 Å². The van der Waals surface area contributed by atoms with Crippen LogP contribution in [-0.4, -0.2) is 50.0 Å². The summed E-state index contributed by atoms with van der Waals surface area (Å²) in [4.78, 5) is 17.3. The Morgan fingerprint density at radius 2 is 1.71 bits per heavy atom. The minimum atomic E-state index is -3.75. The number of sulfonamides is 1. The lowest BCUT2D eigenvalue weighted by atomic mass is 10.00. The molecule has 218 valence electrons. The highest BCUT2D eigenvalue weighted by molar-refractivity contribution is 7.89. The largest absolute Gasteiger partial charge is 0.489 e. The first-order valence-electron chi connectivity index (χ1n) is 12.9. The fourth-order valence-electron chi connectivity index (χ4n) is 4.33. The maximum absolute atomic E-state index is 13.2. The summed E-state index contributed by atoms with van der Waals surface area (Å²) in [5.74, 6) is -1.04. The van der Waals surface area contributed by atoms with Gasteiger partial charge in [-0.1, -0.05) is 47.5 Å². The Balaban J connectivity index is 1.37. The molecule has 0 N–H and O–H groups in total. The van der Waals surface area contributed by atoms with Crippen LogP contribution in [0.25, 0.3) is 0 Å². The van der Waals surface area contributed by atoms with E-state index in [9.17, 15) is 22.0 Å². The average Bonchev–Trinajstić information content (AvgIpc) is 3.73. The number of hydrogen-bond acceptors (Lipinski definition) is 7. The maximum Gasteiger partial charge on any atom is 0.387 e. The van der Waals surface area contributed by atoms with E-state index in [4.69, 9.17) is 32.7 Å². The zero-order valence-electron chi connectivity index (χ0n) is 21.6. The summed E-state index contributed by atoms with van der Waals surface area (Å²) in [5, 5.41) is 0.510. The van der Waals surface area contributed by atoms with Gasteiger partial charge < -0.3 is 14.2 Å². The van der Waals surface area contributed by atoms with Gasteiger partial charge in [0.05, 0.1) is 27.5 Å². The quantitative estimate of drug-likeness (QED) is 0.230. The molecule has 0 amide bonds. The number of pyridine rings is 1. The molecule has 5 rings (SSSR count). The molecule has 1 aliphatic carbocycles. The monoisotopic (exact) mass is 626 g/mol. The van der Waals surface area contributed by atoms with E-state index >= 15 is 0 Å². The molecule has 1 aromatic heterocycles. The fraction of sp³-hybridized carbons (Fsp3) is 0.357. The van der Waals surface area contributed by atoms with Gasteiger partial charge >= 0.3 is 12.6 Å². The number of nitrogens with zero attached hydrogens (tertiary/aromatic N) is 2. The lowest BCUT2D eigenvalue weighted by molar-refractivity contribution is -0.158. The molecule has 2 fully saturated rings. The van der Waals surface area contributed by atoms with Gasteiger partial charge in [0.1, 0.15) is 6.10 Å². The molecule has 8 nitrogen and oxygen atoms in total. The van der Waals surface area contributed by atoms with Gasteiger partial charge in [-0.2, -0.15) is 13.1 Å². The number of carbonyl (C=O) groups excluding carboxylic acids is 1. The van der Waals surface area contributed by atoms with Crippen molar-refractivity contribution in [3.05, 3.63) is 82.1 Å². The van der Waals surface area contributed by atoms with Crippen molar-refractivity contribution in [1.82, 2.24) is 9.29 Å². The lowest BCUT2D eigenvalue weighted by Gasteiger charge is -2.37. The van der Waals surface area contributed by atoms with Crippen molar-refractivity contribution in [2.75, 3.05) is 19.7 Å². The summed E-state index contributed by atoms with van der Waals surface area (Å²) >= 11 is 12.7. The molecular weight excluding hydrogens is 601 g/mol. The molecule has 1 atom stereocenters. The molecule has 1 saturated heterocycles. The third-order valence-electron chi connectivity index (χ3n) is 6.89. The van der Waals surface area contributed by atoms with E-state index in [0.717, 1.165) is 12.8 Å². The Morgan fingerprint density at radius 1 is 1.02 bits per heavy atom. The van der Waals surface area contributed by atoms with E-state index in [1.807, 2.05) is 0 Å². The number of aromatic nitrogens is 1. The van der Waals surface area contributed by atoms with Crippen LogP contribution in [0.1, 0.15) is 30.1 Å². The highest BCUT2D eigenvalue weighted by atomic mass is 35.5. The van der Waals surface area contributed by atoms with Crippen LogP contribution in [0.3, 0.4) is 0 Å². The predicted octanol–water partition coefficient (Wildman–Crippen LogP) is 5.93. The van der Waals surface area contributed by atoms with Crippen molar-refractivity contribution in [1.29, 1.82) is 0 Å². The third-order valence-corrected chi connectivity index (χ3v) is 9.39. The summed E-state index contributed by atoms with van der Waals surface area (Å²) in [6.45, 7) is -2.81. The first-order valence-corrected chi connectivity index (χ1v) is 15.1. The number of benzene rings is 2. The Hall–Kier alpha value is -2.99. The van der Waals surface area contributed by atoms with Crippen LogP contribution in [0.5, 0.6) is 11.5 Å². The molecule has 1 aliphatic heterocycles. The fourth-order valence-corrected chi connectivity index (χ4v) is 6.40. The minimum Gasteiger partial charge on any atom is -0.489 e. The molecule has 0 radical (unpaired) electrons. The Kier molecular flexibility index (Phi) is 8.98. The maximum atomic E-state index is 13.2. The Labute approximate surface area is 246 Å². The molecule has 13 heteroatoms. The molecule has 2 heterocycles. The van der Waals surface area contributed by atoms with Crippen LogP contribution < -0.4 is 9.47 Å². The Bertz CT molecular complexity index is 1480. The average molecular weight is 627 g/mol. The first-order chi connectivity index (χ1) is 19.6. The highest BCUT2D eigenvalue weighted by Gasteiger charge is 2.42. The zero-order chi connectivity index (χ0) is 29.1. The second-order valence-corrected chi connectivity index (χ2v) is 12.6. The second-order valence-electron chi connectivity index (χ2n) is 9.88. The van der Waals surface area contributed by atoms with Gasteiger partial charge in [-0.25, -0.2) is 8.42 Å². The number of alkyl halides is 2. The number of hydrogen-bond donors (Lipinski definition) is 0. The molecule has 2 aliphatic rings. The highest BCUT2D eigenvalue weighted by Crippen LogP contribution is 2.38. The van der Waals surface area contributed by atoms with Crippen LogP contribution in [0, 0.1) is 11.8 Å². The number of ether oxygens (including phenoxy) is 3. The normalized spacial score (nSPS) is 16.7. The lowest BCUT2D eigenvalue weighted by Crippen LogP contribution is -2.53. The van der Waals surface area contributed by atoms with Gasteiger partial charge in [0.25, 0.3) is 0 Å². The smallest absolute Gasteiger partial charge is 0.387 e. The topological polar surface area (TPSA) is 95.0 Å². The molecule has 2 aromatic carbocycles. The van der Waals surface area contributed by atoms with E-state index < -0.39 is 34.6 Å². The predicted molar refractivity (Wildman–Crippen MR) is 147 cm³/mol. The van der Waals surface area contributed by atoms with Crippen LogP contribution >= 0.6 is 23.2 Å². The van der Waals surface area contributed by atoms with E-state index in [2.05, 4.69) is 9.72 Å². The number of halogens is 4. The zero-order valence-corrected chi connectivity index (χ0v) is 23.9. The summed E-state index contributed by atoms with van der Waals surface area (Å²) in [5.41, 5.74) is 0.902. The van der Waals surface area contributed by atoms with E-state index in [-0.39, 0.29) is 46.0 Å². The van der Waals surface area contributed by atoms with Gasteiger partial charge in [0.15, 0.2) is 11.5 Å². The van der Waals surface area contributed by atoms with Crippen LogP contribution in [-0.2, 0) is 26.0 Å². The number of esters is 1. The van der Waals surface area contributed by atoms with E-state index in [0.29, 0.717) is 23.7 Å². The standard InChI is InChI=1S/C28H26Cl2F2N2O6S/c29-22-12-33-13-23(30)21(22)11-25(18-8-9-24(40-28(31)32)26(10-18)38-16-17-6-7-17)39-27(35)19-14-34(15-19)41(36,37)20-4-2-1-3-5-20/h1-5,8-10,12-13,17,19,25,28H,6-7,11,14-16H2. The van der Waals surface area contributed by atoms with Gasteiger partial charge in [-0.05, 0) is 54.2 Å². The summed E-state index contributed by atoms with van der Waals surface area (Å²) < 4.78 is 69.4. The van der Waals surface area contributed by atoms with Crippen molar-refractivity contribution in [2.45, 2.75) is 36.9 Å². The minimum absolute atomic E-state index is 0.0434. The molecule has 0 spiro atoms. The van der Waals surface area contributed by atoms with Crippen molar-refractivity contribution in [3.63, 3.8) is 0 Å². The number of carbonyl (C=O) groups is 1. The molecule has 1 unspecified atom stereocenters. The Morgan fingerprint density at radius 3 is 2.34 bits per heavy atom. The van der Waals surface area contributed by atoms with Gasteiger partial charge in [-0.3, -0.25) is 9.78 Å². The van der Waals surface area contributed by atoms with Gasteiger partial charge in [-0.15, -0.1) is 0 Å². The molecule has 3 aromatic rings. The van der Waals surface area contributed by atoms with Gasteiger partial charge in [0, 0.05) is 31.9 Å². The van der Waals surface area contributed by atoms with Gasteiger partial charge in [0.2, 0.25) is 10.0 Å². The molecule has 0 bridgehead atoms. The SMILES string of the molecule is O=C(OC(Cc1c(Cl)cncc1Cl)c1ccc(OC(F)F)c(OCC2CC2)c1)C1CN(S(=O)(=O)c2ccccc2)C1. The third kappa shape index (κ3) is 7.09. The van der Waals surface area contributed by atoms with E-state index in [1.54, 1.807) is 18.2 Å². The second kappa shape index (κ2) is 12.5. The van der Waals surface area contributed by atoms with Crippen LogP contribution in [0.4, 0.5) is 8.78 Å².